The average Bonchev–Trinajstić information content (AvgIpc) is 2.72. The van der Waals surface area contributed by atoms with Crippen molar-refractivity contribution >= 4 is 17.4 Å². The molecule has 2 aliphatic rings. The zero-order valence-electron chi connectivity index (χ0n) is 16.4. The molecule has 144 valence electrons. The zero-order chi connectivity index (χ0) is 18.4. The summed E-state index contributed by atoms with van der Waals surface area (Å²) in [6.07, 6.45) is 11.5. The summed E-state index contributed by atoms with van der Waals surface area (Å²) in [7, 11) is 1.95. The predicted octanol–water partition coefficient (Wildman–Crippen LogP) is 2.94. The van der Waals surface area contributed by atoms with E-state index < -0.39 is 0 Å². The number of aromatic nitrogens is 2. The van der Waals surface area contributed by atoms with E-state index in [9.17, 15) is 4.79 Å². The van der Waals surface area contributed by atoms with Crippen LogP contribution >= 0.6 is 0 Å². The highest BCUT2D eigenvalue weighted by Gasteiger charge is 2.29. The molecule has 0 N–H and O–H groups in total. The van der Waals surface area contributed by atoms with Gasteiger partial charge in [0.1, 0.15) is 6.33 Å². The highest BCUT2D eigenvalue weighted by molar-refractivity contribution is 5.79. The van der Waals surface area contributed by atoms with Crippen LogP contribution in [0.1, 0.15) is 51.9 Å². The number of rotatable bonds is 6. The van der Waals surface area contributed by atoms with E-state index >= 15 is 0 Å². The second-order valence-electron chi connectivity index (χ2n) is 7.65. The van der Waals surface area contributed by atoms with Crippen LogP contribution < -0.4 is 9.80 Å². The van der Waals surface area contributed by atoms with Crippen molar-refractivity contribution in [1.82, 2.24) is 14.9 Å². The van der Waals surface area contributed by atoms with Crippen LogP contribution in [0.15, 0.2) is 12.5 Å². The van der Waals surface area contributed by atoms with E-state index in [1.807, 2.05) is 18.1 Å². The van der Waals surface area contributed by atoms with Gasteiger partial charge in [0.15, 0.2) is 5.82 Å². The number of piperidine rings is 2. The van der Waals surface area contributed by atoms with Crippen LogP contribution in [0.5, 0.6) is 0 Å². The van der Waals surface area contributed by atoms with Crippen LogP contribution in [0.3, 0.4) is 0 Å². The lowest BCUT2D eigenvalue weighted by atomic mass is 9.95. The number of amides is 1. The predicted molar refractivity (Wildman–Crippen MR) is 106 cm³/mol. The van der Waals surface area contributed by atoms with Crippen molar-refractivity contribution in [2.45, 2.75) is 51.9 Å². The third kappa shape index (κ3) is 4.46. The number of hydrogen-bond donors (Lipinski definition) is 0. The first-order valence-corrected chi connectivity index (χ1v) is 10.3. The Balaban J connectivity index is 1.61. The Morgan fingerprint density at radius 2 is 1.88 bits per heavy atom. The second-order valence-corrected chi connectivity index (χ2v) is 7.65. The van der Waals surface area contributed by atoms with Crippen molar-refractivity contribution in [2.24, 2.45) is 5.92 Å². The summed E-state index contributed by atoms with van der Waals surface area (Å²) in [6, 6.07) is 0. The molecule has 0 saturated carbocycles. The van der Waals surface area contributed by atoms with Gasteiger partial charge in [-0.3, -0.25) is 4.79 Å². The van der Waals surface area contributed by atoms with Gasteiger partial charge in [-0.25, -0.2) is 9.97 Å². The Kier molecular flexibility index (Phi) is 6.69. The lowest BCUT2D eigenvalue weighted by molar-refractivity contribution is -0.134. The van der Waals surface area contributed by atoms with Gasteiger partial charge in [0, 0.05) is 45.7 Å². The van der Waals surface area contributed by atoms with E-state index in [2.05, 4.69) is 26.7 Å². The molecule has 6 heteroatoms. The minimum Gasteiger partial charge on any atom is -0.367 e. The Hall–Kier alpha value is -1.85. The summed E-state index contributed by atoms with van der Waals surface area (Å²) in [6.45, 7) is 7.03. The van der Waals surface area contributed by atoms with Gasteiger partial charge in [-0.2, -0.15) is 0 Å². The molecule has 1 aromatic heterocycles. The van der Waals surface area contributed by atoms with Crippen LogP contribution in [0, 0.1) is 5.92 Å². The molecule has 2 saturated heterocycles. The fourth-order valence-corrected chi connectivity index (χ4v) is 4.07. The van der Waals surface area contributed by atoms with E-state index in [4.69, 9.17) is 0 Å². The van der Waals surface area contributed by atoms with Gasteiger partial charge in [-0.15, -0.1) is 0 Å². The SMILES string of the molecule is CCCCN(C)C(=O)C1CCN(c2cncnc2N2CCCCC2)CC1. The molecule has 0 radical (unpaired) electrons. The summed E-state index contributed by atoms with van der Waals surface area (Å²) in [4.78, 5) is 28.2. The minimum absolute atomic E-state index is 0.163. The highest BCUT2D eigenvalue weighted by Crippen LogP contribution is 2.31. The molecule has 2 aliphatic heterocycles. The second kappa shape index (κ2) is 9.19. The summed E-state index contributed by atoms with van der Waals surface area (Å²) in [5.41, 5.74) is 1.14. The Morgan fingerprint density at radius 3 is 2.58 bits per heavy atom. The van der Waals surface area contributed by atoms with E-state index in [-0.39, 0.29) is 5.92 Å². The number of unbranched alkanes of at least 4 members (excludes halogenated alkanes) is 1. The van der Waals surface area contributed by atoms with Crippen LogP contribution in [0.4, 0.5) is 11.5 Å². The summed E-state index contributed by atoms with van der Waals surface area (Å²) >= 11 is 0. The first-order chi connectivity index (χ1) is 12.7. The molecule has 0 aromatic carbocycles. The fraction of sp³-hybridized carbons (Fsp3) is 0.750. The zero-order valence-corrected chi connectivity index (χ0v) is 16.4. The maximum atomic E-state index is 12.6. The van der Waals surface area contributed by atoms with E-state index in [1.165, 1.54) is 19.3 Å². The van der Waals surface area contributed by atoms with Crippen molar-refractivity contribution in [2.75, 3.05) is 49.6 Å². The standard InChI is InChI=1S/C20H33N5O/c1-3-4-10-23(2)20(26)17-8-13-24(14-9-17)18-15-21-16-22-19(18)25-11-6-5-7-12-25/h15-17H,3-14H2,1-2H3. The van der Waals surface area contributed by atoms with Crippen molar-refractivity contribution in [3.8, 4) is 0 Å². The molecule has 0 aliphatic carbocycles. The first kappa shape index (κ1) is 18.9. The Bertz CT molecular complexity index is 579. The van der Waals surface area contributed by atoms with Gasteiger partial charge in [0.25, 0.3) is 0 Å². The van der Waals surface area contributed by atoms with Crippen molar-refractivity contribution < 1.29 is 4.79 Å². The van der Waals surface area contributed by atoms with Crippen LogP contribution in [-0.2, 0) is 4.79 Å². The van der Waals surface area contributed by atoms with Crippen molar-refractivity contribution in [1.29, 1.82) is 0 Å². The topological polar surface area (TPSA) is 52.6 Å². The summed E-state index contributed by atoms with van der Waals surface area (Å²) in [5.74, 6) is 1.55. The molecule has 2 fully saturated rings. The lowest BCUT2D eigenvalue weighted by Gasteiger charge is -2.37. The smallest absolute Gasteiger partial charge is 0.225 e. The molecule has 1 aromatic rings. The molecule has 3 heterocycles. The molecule has 0 spiro atoms. The molecule has 26 heavy (non-hydrogen) atoms. The summed E-state index contributed by atoms with van der Waals surface area (Å²) < 4.78 is 0. The molecular weight excluding hydrogens is 326 g/mol. The van der Waals surface area contributed by atoms with Crippen LogP contribution in [-0.4, -0.2) is 60.5 Å². The molecule has 6 nitrogen and oxygen atoms in total. The third-order valence-electron chi connectivity index (χ3n) is 5.74. The molecule has 1 amide bonds. The van der Waals surface area contributed by atoms with Gasteiger partial charge in [0.2, 0.25) is 5.91 Å². The number of carbonyl (C=O) groups excluding carboxylic acids is 1. The van der Waals surface area contributed by atoms with E-state index in [0.29, 0.717) is 5.91 Å². The van der Waals surface area contributed by atoms with Gasteiger partial charge in [-0.1, -0.05) is 13.3 Å². The molecule has 0 atom stereocenters. The monoisotopic (exact) mass is 359 g/mol. The Morgan fingerprint density at radius 1 is 1.15 bits per heavy atom. The van der Waals surface area contributed by atoms with Crippen LogP contribution in [0.25, 0.3) is 0 Å². The largest absolute Gasteiger partial charge is 0.367 e. The van der Waals surface area contributed by atoms with Gasteiger partial charge in [-0.05, 0) is 38.5 Å². The molecule has 3 rings (SSSR count). The normalized spacial score (nSPS) is 18.8. The third-order valence-corrected chi connectivity index (χ3v) is 5.74. The fourth-order valence-electron chi connectivity index (χ4n) is 4.07. The first-order valence-electron chi connectivity index (χ1n) is 10.3. The van der Waals surface area contributed by atoms with E-state index in [0.717, 1.165) is 69.9 Å². The van der Waals surface area contributed by atoms with Crippen molar-refractivity contribution in [3.63, 3.8) is 0 Å². The average molecular weight is 360 g/mol. The minimum atomic E-state index is 0.163. The molecule has 0 unspecified atom stereocenters. The maximum Gasteiger partial charge on any atom is 0.225 e. The molecule has 0 bridgehead atoms. The van der Waals surface area contributed by atoms with Crippen molar-refractivity contribution in [3.05, 3.63) is 12.5 Å². The lowest BCUT2D eigenvalue weighted by Crippen LogP contribution is -2.42. The maximum absolute atomic E-state index is 12.6. The Labute approximate surface area is 157 Å². The number of nitrogens with zero attached hydrogens (tertiary/aromatic N) is 5. The molecular formula is C20H33N5O. The number of anilines is 2. The van der Waals surface area contributed by atoms with Crippen LogP contribution in [0.2, 0.25) is 0 Å². The number of hydrogen-bond acceptors (Lipinski definition) is 5. The van der Waals surface area contributed by atoms with Gasteiger partial charge in [0.05, 0.1) is 11.9 Å². The van der Waals surface area contributed by atoms with E-state index in [1.54, 1.807) is 6.33 Å². The summed E-state index contributed by atoms with van der Waals surface area (Å²) in [5, 5.41) is 0. The van der Waals surface area contributed by atoms with Gasteiger partial charge >= 0.3 is 0 Å². The van der Waals surface area contributed by atoms with Gasteiger partial charge < -0.3 is 14.7 Å². The number of carbonyl (C=O) groups is 1. The highest BCUT2D eigenvalue weighted by atomic mass is 16.2. The quantitative estimate of drug-likeness (QED) is 0.782.